The van der Waals surface area contributed by atoms with E-state index in [9.17, 15) is 24.1 Å². The number of rotatable bonds is 6. The molecule has 0 heterocycles. The van der Waals surface area contributed by atoms with Crippen molar-refractivity contribution < 1.29 is 18.9 Å². The lowest BCUT2D eigenvalue weighted by Gasteiger charge is -2.07. The Kier molecular flexibility index (Phi) is 6.32. The molecule has 2 amide bonds. The number of nitrogens with one attached hydrogen (secondary N) is 2. The van der Waals surface area contributed by atoms with Crippen LogP contribution in [0.2, 0.25) is 0 Å². The predicted octanol–water partition coefficient (Wildman–Crippen LogP) is 3.18. The lowest BCUT2D eigenvalue weighted by molar-refractivity contribution is -0.384. The van der Waals surface area contributed by atoms with E-state index in [0.29, 0.717) is 5.56 Å². The molecule has 0 bridgehead atoms. The van der Waals surface area contributed by atoms with Crippen LogP contribution in [0.25, 0.3) is 0 Å². The summed E-state index contributed by atoms with van der Waals surface area (Å²) < 4.78 is 13.7. The van der Waals surface area contributed by atoms with Gasteiger partial charge in [0.1, 0.15) is 5.82 Å². The van der Waals surface area contributed by atoms with Crippen LogP contribution in [0.15, 0.2) is 47.6 Å². The zero-order chi connectivity index (χ0) is 20.0. The number of non-ortho nitro benzene ring substituents is 1. The largest absolute Gasteiger partial charge is 0.323 e. The molecule has 0 saturated carbocycles. The van der Waals surface area contributed by atoms with Crippen LogP contribution in [0.5, 0.6) is 0 Å². The molecule has 0 aliphatic rings. The first-order chi connectivity index (χ1) is 12.8. The third-order valence-corrected chi connectivity index (χ3v) is 3.51. The molecule has 0 aliphatic carbocycles. The smallest absolute Gasteiger partial charge is 0.271 e. The molecule has 2 rings (SSSR count). The fourth-order valence-corrected chi connectivity index (χ4v) is 2.10. The van der Waals surface area contributed by atoms with E-state index < -0.39 is 22.6 Å². The Morgan fingerprint density at radius 2 is 1.85 bits per heavy atom. The summed E-state index contributed by atoms with van der Waals surface area (Å²) in [6, 6.07) is 9.69. The molecule has 0 aromatic heterocycles. The van der Waals surface area contributed by atoms with E-state index in [1.165, 1.54) is 6.92 Å². The van der Waals surface area contributed by atoms with Crippen LogP contribution in [-0.2, 0) is 4.79 Å². The Bertz CT molecular complexity index is 910. The number of benzene rings is 2. The van der Waals surface area contributed by atoms with Gasteiger partial charge in [0.15, 0.2) is 0 Å². The van der Waals surface area contributed by atoms with Crippen LogP contribution in [-0.4, -0.2) is 22.4 Å². The average molecular weight is 372 g/mol. The number of nitro benzene ring substituents is 1. The normalized spacial score (nSPS) is 11.0. The van der Waals surface area contributed by atoms with Gasteiger partial charge in [-0.2, -0.15) is 5.10 Å². The molecule has 9 heteroatoms. The van der Waals surface area contributed by atoms with Gasteiger partial charge in [-0.15, -0.1) is 0 Å². The molecule has 0 unspecified atom stereocenters. The molecular weight excluding hydrogens is 355 g/mol. The Balaban J connectivity index is 1.96. The van der Waals surface area contributed by atoms with Crippen molar-refractivity contribution in [3.05, 3.63) is 69.5 Å². The quantitative estimate of drug-likeness (QED) is 0.460. The fraction of sp³-hybridized carbons (Fsp3) is 0.167. The number of amides is 2. The second-order valence-corrected chi connectivity index (χ2v) is 5.80. The number of carbonyl (C=O) groups is 2. The number of anilines is 1. The lowest BCUT2D eigenvalue weighted by Crippen LogP contribution is -2.21. The van der Waals surface area contributed by atoms with E-state index in [4.69, 9.17) is 0 Å². The van der Waals surface area contributed by atoms with Gasteiger partial charge >= 0.3 is 0 Å². The minimum Gasteiger partial charge on any atom is -0.323 e. The van der Waals surface area contributed by atoms with Gasteiger partial charge < -0.3 is 5.32 Å². The number of nitro groups is 1. The van der Waals surface area contributed by atoms with Gasteiger partial charge in [-0.05, 0) is 32.0 Å². The van der Waals surface area contributed by atoms with Gasteiger partial charge in [-0.1, -0.05) is 17.7 Å². The molecule has 0 radical (unpaired) electrons. The minimum atomic E-state index is -0.795. The second-order valence-electron chi connectivity index (χ2n) is 5.80. The Morgan fingerprint density at radius 1 is 1.19 bits per heavy atom. The SMILES string of the molecule is C/C(CC(=O)Nc1cc([N+](=O)[O-])ccc1F)=N\NC(=O)c1ccc(C)cc1. The van der Waals surface area contributed by atoms with Crippen molar-refractivity contribution in [3.8, 4) is 0 Å². The summed E-state index contributed by atoms with van der Waals surface area (Å²) in [5.41, 5.74) is 3.39. The summed E-state index contributed by atoms with van der Waals surface area (Å²) in [5.74, 6) is -1.85. The first kappa shape index (κ1) is 19.7. The number of aryl methyl sites for hydroxylation is 1. The summed E-state index contributed by atoms with van der Waals surface area (Å²) >= 11 is 0. The van der Waals surface area contributed by atoms with Crippen molar-refractivity contribution >= 4 is 28.9 Å². The maximum Gasteiger partial charge on any atom is 0.271 e. The summed E-state index contributed by atoms with van der Waals surface area (Å²) in [4.78, 5) is 33.9. The summed E-state index contributed by atoms with van der Waals surface area (Å²) in [5, 5.41) is 16.8. The van der Waals surface area contributed by atoms with Crippen LogP contribution in [0.4, 0.5) is 15.8 Å². The maximum atomic E-state index is 13.7. The van der Waals surface area contributed by atoms with E-state index in [2.05, 4.69) is 15.8 Å². The molecule has 0 saturated heterocycles. The molecule has 27 heavy (non-hydrogen) atoms. The van der Waals surface area contributed by atoms with Gasteiger partial charge in [-0.3, -0.25) is 19.7 Å². The lowest BCUT2D eigenvalue weighted by atomic mass is 10.1. The number of halogens is 1. The summed E-state index contributed by atoms with van der Waals surface area (Å²) in [6.07, 6.45) is -0.226. The first-order valence-electron chi connectivity index (χ1n) is 7.90. The topological polar surface area (TPSA) is 114 Å². The van der Waals surface area contributed by atoms with Gasteiger partial charge in [-0.25, -0.2) is 9.82 Å². The number of hydrogen-bond donors (Lipinski definition) is 2. The molecular formula is C18H17FN4O4. The van der Waals surface area contributed by atoms with Crippen molar-refractivity contribution in [1.82, 2.24) is 5.43 Å². The van der Waals surface area contributed by atoms with Gasteiger partial charge in [0, 0.05) is 23.4 Å². The molecule has 140 valence electrons. The van der Waals surface area contributed by atoms with Gasteiger partial charge in [0.25, 0.3) is 11.6 Å². The van der Waals surface area contributed by atoms with Crippen LogP contribution in [0.1, 0.15) is 29.3 Å². The minimum absolute atomic E-state index is 0.226. The second kappa shape index (κ2) is 8.65. The number of nitrogens with zero attached hydrogens (tertiary/aromatic N) is 2. The van der Waals surface area contributed by atoms with Gasteiger partial charge in [0.2, 0.25) is 5.91 Å². The third kappa shape index (κ3) is 5.70. The van der Waals surface area contributed by atoms with Crippen molar-refractivity contribution in [3.63, 3.8) is 0 Å². The Hall–Kier alpha value is -3.62. The van der Waals surface area contributed by atoms with Crippen LogP contribution in [0, 0.1) is 22.9 Å². The monoisotopic (exact) mass is 372 g/mol. The van der Waals surface area contributed by atoms with Crippen LogP contribution in [0.3, 0.4) is 0 Å². The highest BCUT2D eigenvalue weighted by molar-refractivity contribution is 6.06. The average Bonchev–Trinajstić information content (AvgIpc) is 2.62. The number of hydrazone groups is 1. The fourth-order valence-electron chi connectivity index (χ4n) is 2.10. The predicted molar refractivity (Wildman–Crippen MR) is 98.1 cm³/mol. The highest BCUT2D eigenvalue weighted by atomic mass is 19.1. The molecule has 2 aromatic carbocycles. The Morgan fingerprint density at radius 3 is 2.48 bits per heavy atom. The van der Waals surface area contributed by atoms with Crippen molar-refractivity contribution in [2.75, 3.05) is 5.32 Å². The van der Waals surface area contributed by atoms with E-state index in [0.717, 1.165) is 23.8 Å². The van der Waals surface area contributed by atoms with E-state index in [1.54, 1.807) is 24.3 Å². The summed E-state index contributed by atoms with van der Waals surface area (Å²) in [7, 11) is 0. The molecule has 8 nitrogen and oxygen atoms in total. The zero-order valence-electron chi connectivity index (χ0n) is 14.7. The summed E-state index contributed by atoms with van der Waals surface area (Å²) in [6.45, 7) is 3.41. The van der Waals surface area contributed by atoms with Crippen molar-refractivity contribution in [2.45, 2.75) is 20.3 Å². The van der Waals surface area contributed by atoms with Crippen LogP contribution < -0.4 is 10.7 Å². The highest BCUT2D eigenvalue weighted by Crippen LogP contribution is 2.21. The molecule has 0 aliphatic heterocycles. The number of hydrogen-bond acceptors (Lipinski definition) is 5. The van der Waals surface area contributed by atoms with E-state index in [-0.39, 0.29) is 23.5 Å². The third-order valence-electron chi connectivity index (χ3n) is 3.51. The maximum absolute atomic E-state index is 13.7. The van der Waals surface area contributed by atoms with Crippen molar-refractivity contribution in [2.24, 2.45) is 5.10 Å². The molecule has 0 atom stereocenters. The molecule has 2 aromatic rings. The first-order valence-corrected chi connectivity index (χ1v) is 7.90. The molecule has 2 N–H and O–H groups in total. The van der Waals surface area contributed by atoms with E-state index in [1.807, 2.05) is 6.92 Å². The van der Waals surface area contributed by atoms with E-state index >= 15 is 0 Å². The standard InChI is InChI=1S/C18H17FN4O4/c1-11-3-5-13(6-4-11)18(25)22-21-12(2)9-17(24)20-16-10-14(23(26)27)7-8-15(16)19/h3-8,10H,9H2,1-2H3,(H,20,24)(H,22,25)/b21-12+. The molecule has 0 spiro atoms. The highest BCUT2D eigenvalue weighted by Gasteiger charge is 2.14. The van der Waals surface area contributed by atoms with Crippen LogP contribution >= 0.6 is 0 Å². The van der Waals surface area contributed by atoms with Gasteiger partial charge in [0.05, 0.1) is 17.0 Å². The number of carbonyl (C=O) groups excluding carboxylic acids is 2. The zero-order valence-corrected chi connectivity index (χ0v) is 14.7. The Labute approximate surface area is 154 Å². The molecule has 0 fully saturated rings. The van der Waals surface area contributed by atoms with Crippen molar-refractivity contribution in [1.29, 1.82) is 0 Å².